The number of carbonyl (C=O) groups is 2. The Kier molecular flexibility index (Phi) is 12.4. The van der Waals surface area contributed by atoms with Crippen LogP contribution in [0.3, 0.4) is 0 Å². The van der Waals surface area contributed by atoms with E-state index < -0.39 is 35.9 Å². The Balaban J connectivity index is 2.93. The Labute approximate surface area is 197 Å². The molecule has 0 saturated carbocycles. The highest BCUT2D eigenvalue weighted by atomic mass is 16.6. The van der Waals surface area contributed by atoms with E-state index in [1.807, 2.05) is 44.2 Å². The number of rotatable bonds is 13. The van der Waals surface area contributed by atoms with Crippen LogP contribution in [0.5, 0.6) is 0 Å². The van der Waals surface area contributed by atoms with Gasteiger partial charge in [0.25, 0.3) is 0 Å². The van der Waals surface area contributed by atoms with Gasteiger partial charge in [0.15, 0.2) is 6.04 Å². The molecule has 0 aromatic heterocycles. The quantitative estimate of drug-likeness (QED) is 0.429. The number of benzene rings is 1. The van der Waals surface area contributed by atoms with E-state index >= 15 is 0 Å². The summed E-state index contributed by atoms with van der Waals surface area (Å²) in [5.41, 5.74) is 0.345. The Hall–Kier alpha value is -2.16. The van der Waals surface area contributed by atoms with Crippen LogP contribution in [0.4, 0.5) is 4.79 Å². The maximum atomic E-state index is 12.9. The van der Waals surface area contributed by atoms with E-state index in [4.69, 9.17) is 18.9 Å². The van der Waals surface area contributed by atoms with Crippen LogP contribution in [-0.2, 0) is 30.2 Å². The lowest BCUT2D eigenvalue weighted by molar-refractivity contribution is -0.165. The van der Waals surface area contributed by atoms with Crippen LogP contribution in [0.15, 0.2) is 30.3 Å². The molecule has 1 amide bonds. The molecule has 0 aliphatic carbocycles. The number of amides is 1. The second-order valence-corrected chi connectivity index (χ2v) is 9.62. The number of aliphatic hydroxyl groups excluding tert-OH is 1. The fraction of sp³-hybridized carbons (Fsp3) is 0.680. The number of carbonyl (C=O) groups excluding carboxylic acids is 2. The second-order valence-electron chi connectivity index (χ2n) is 9.62. The molecule has 0 aliphatic rings. The normalized spacial score (nSPS) is 15.4. The van der Waals surface area contributed by atoms with Crippen molar-refractivity contribution in [3.63, 3.8) is 0 Å². The van der Waals surface area contributed by atoms with Crippen molar-refractivity contribution in [3.05, 3.63) is 35.9 Å². The van der Waals surface area contributed by atoms with Gasteiger partial charge in [0.2, 0.25) is 0 Å². The molecule has 1 aromatic rings. The van der Waals surface area contributed by atoms with Crippen molar-refractivity contribution in [1.82, 2.24) is 5.32 Å². The van der Waals surface area contributed by atoms with Gasteiger partial charge < -0.3 is 29.4 Å². The number of nitrogens with one attached hydrogen (secondary N) is 1. The number of hydrogen-bond acceptors (Lipinski definition) is 7. The van der Waals surface area contributed by atoms with Crippen LogP contribution < -0.4 is 5.32 Å². The highest BCUT2D eigenvalue weighted by Crippen LogP contribution is 2.21. The van der Waals surface area contributed by atoms with Crippen LogP contribution in [-0.4, -0.2) is 68.0 Å². The third-order valence-corrected chi connectivity index (χ3v) is 4.74. The highest BCUT2D eigenvalue weighted by molar-refractivity contribution is 5.81. The zero-order chi connectivity index (χ0) is 25.0. The van der Waals surface area contributed by atoms with Crippen molar-refractivity contribution in [2.24, 2.45) is 11.8 Å². The average Bonchev–Trinajstić information content (AvgIpc) is 2.71. The number of methoxy groups -OCH3 is 1. The van der Waals surface area contributed by atoms with Gasteiger partial charge in [0.1, 0.15) is 11.7 Å². The first-order valence-corrected chi connectivity index (χ1v) is 11.4. The topological polar surface area (TPSA) is 103 Å². The lowest BCUT2D eigenvalue weighted by Gasteiger charge is -2.32. The molecule has 0 radical (unpaired) electrons. The molecule has 8 heteroatoms. The minimum absolute atomic E-state index is 0.0737. The molecule has 0 fully saturated rings. The summed E-state index contributed by atoms with van der Waals surface area (Å²) in [7, 11) is 1.43. The Morgan fingerprint density at radius 1 is 1.06 bits per heavy atom. The van der Waals surface area contributed by atoms with Crippen LogP contribution in [0.2, 0.25) is 0 Å². The third kappa shape index (κ3) is 11.5. The largest absolute Gasteiger partial charge is 0.458 e. The van der Waals surface area contributed by atoms with Gasteiger partial charge in [-0.2, -0.15) is 0 Å². The fourth-order valence-electron chi connectivity index (χ4n) is 3.28. The lowest BCUT2D eigenvalue weighted by atomic mass is 9.91. The molecule has 0 unspecified atom stereocenters. The molecule has 0 aliphatic heterocycles. The summed E-state index contributed by atoms with van der Waals surface area (Å²) in [6.45, 7) is 11.2. The number of ether oxygens (including phenoxy) is 4. The smallest absolute Gasteiger partial charge is 0.408 e. The highest BCUT2D eigenvalue weighted by Gasteiger charge is 2.33. The first kappa shape index (κ1) is 28.9. The van der Waals surface area contributed by atoms with Gasteiger partial charge >= 0.3 is 12.1 Å². The van der Waals surface area contributed by atoms with Gasteiger partial charge in [-0.25, -0.2) is 9.59 Å². The molecular weight excluding hydrogens is 426 g/mol. The molecule has 0 heterocycles. The average molecular weight is 468 g/mol. The fourth-order valence-corrected chi connectivity index (χ4v) is 3.28. The van der Waals surface area contributed by atoms with Gasteiger partial charge in [-0.15, -0.1) is 0 Å². The lowest BCUT2D eigenvalue weighted by Crippen LogP contribution is -2.49. The number of aliphatic hydroxyl groups is 1. The van der Waals surface area contributed by atoms with Crippen LogP contribution >= 0.6 is 0 Å². The summed E-state index contributed by atoms with van der Waals surface area (Å²) in [4.78, 5) is 25.0. The predicted molar refractivity (Wildman–Crippen MR) is 126 cm³/mol. The first-order valence-electron chi connectivity index (χ1n) is 11.4. The van der Waals surface area contributed by atoms with Gasteiger partial charge in [-0.1, -0.05) is 44.2 Å². The van der Waals surface area contributed by atoms with Gasteiger partial charge in [-0.05, 0) is 45.6 Å². The van der Waals surface area contributed by atoms with Crippen LogP contribution in [0, 0.1) is 11.8 Å². The van der Waals surface area contributed by atoms with E-state index in [0.29, 0.717) is 13.0 Å². The van der Waals surface area contributed by atoms with E-state index in [-0.39, 0.29) is 25.0 Å². The van der Waals surface area contributed by atoms with Gasteiger partial charge in [-0.3, -0.25) is 0 Å². The molecule has 188 valence electrons. The summed E-state index contributed by atoms with van der Waals surface area (Å²) >= 11 is 0. The SMILES string of the molecule is COC[C@H](NC(=O)OC(C)(C)C)C(=O)O[C@@H](C)[C@H](OCC(C)C)[C@H](CO)Cc1ccccc1. The summed E-state index contributed by atoms with van der Waals surface area (Å²) in [6, 6.07) is 8.74. The second kappa shape index (κ2) is 14.2. The molecule has 0 saturated heterocycles. The minimum Gasteiger partial charge on any atom is -0.458 e. The maximum absolute atomic E-state index is 12.9. The van der Waals surface area contributed by atoms with Crippen molar-refractivity contribution in [2.75, 3.05) is 26.9 Å². The third-order valence-electron chi connectivity index (χ3n) is 4.74. The number of esters is 1. The molecule has 0 spiro atoms. The number of hydrogen-bond donors (Lipinski definition) is 2. The summed E-state index contributed by atoms with van der Waals surface area (Å²) in [5.74, 6) is -0.681. The van der Waals surface area contributed by atoms with E-state index in [0.717, 1.165) is 5.56 Å². The molecule has 2 N–H and O–H groups in total. The summed E-state index contributed by atoms with van der Waals surface area (Å²) in [6.07, 6.45) is -1.37. The first-order chi connectivity index (χ1) is 15.5. The van der Waals surface area contributed by atoms with E-state index in [2.05, 4.69) is 5.32 Å². The molecule has 1 rings (SSSR count). The van der Waals surface area contributed by atoms with E-state index in [9.17, 15) is 14.7 Å². The van der Waals surface area contributed by atoms with Crippen molar-refractivity contribution in [2.45, 2.75) is 71.8 Å². The van der Waals surface area contributed by atoms with Gasteiger partial charge in [0.05, 0.1) is 12.7 Å². The van der Waals surface area contributed by atoms with Crippen molar-refractivity contribution in [1.29, 1.82) is 0 Å². The predicted octanol–water partition coefficient (Wildman–Crippen LogP) is 3.35. The molecular formula is C25H41NO7. The minimum atomic E-state index is -1.04. The molecule has 33 heavy (non-hydrogen) atoms. The zero-order valence-electron chi connectivity index (χ0n) is 21.0. The summed E-state index contributed by atoms with van der Waals surface area (Å²) in [5, 5.41) is 12.6. The molecule has 0 bridgehead atoms. The van der Waals surface area contributed by atoms with Gasteiger partial charge in [0, 0.05) is 26.2 Å². The zero-order valence-corrected chi connectivity index (χ0v) is 21.0. The Morgan fingerprint density at radius 3 is 2.21 bits per heavy atom. The Bertz CT molecular complexity index is 702. The standard InChI is InChI=1S/C25H41NO7/c1-17(2)15-31-22(20(14-27)13-19-11-9-8-10-12-19)18(3)32-23(28)21(16-30-7)26-24(29)33-25(4,5)6/h8-12,17-18,20-22,27H,13-16H2,1-7H3,(H,26,29)/t18-,20-,21-,22-/m0/s1. The molecule has 4 atom stereocenters. The molecule has 8 nitrogen and oxygen atoms in total. The molecule has 1 aromatic carbocycles. The van der Waals surface area contributed by atoms with E-state index in [1.54, 1.807) is 27.7 Å². The van der Waals surface area contributed by atoms with Crippen molar-refractivity contribution in [3.8, 4) is 0 Å². The van der Waals surface area contributed by atoms with Crippen molar-refractivity contribution < 1.29 is 33.6 Å². The van der Waals surface area contributed by atoms with E-state index in [1.165, 1.54) is 7.11 Å². The maximum Gasteiger partial charge on any atom is 0.408 e. The van der Waals surface area contributed by atoms with Crippen LogP contribution in [0.1, 0.15) is 47.1 Å². The monoisotopic (exact) mass is 467 g/mol. The number of alkyl carbamates (subject to hydrolysis) is 1. The Morgan fingerprint density at radius 2 is 1.70 bits per heavy atom. The summed E-state index contributed by atoms with van der Waals surface area (Å²) < 4.78 is 22.1. The van der Waals surface area contributed by atoms with Crippen molar-refractivity contribution >= 4 is 12.1 Å². The van der Waals surface area contributed by atoms with Crippen LogP contribution in [0.25, 0.3) is 0 Å².